The summed E-state index contributed by atoms with van der Waals surface area (Å²) in [5, 5.41) is 4.97. The van der Waals surface area contributed by atoms with Crippen LogP contribution in [-0.4, -0.2) is 25.1 Å². The summed E-state index contributed by atoms with van der Waals surface area (Å²) >= 11 is 0. The summed E-state index contributed by atoms with van der Waals surface area (Å²) in [7, 11) is 0. The third-order valence-electron chi connectivity index (χ3n) is 3.20. The minimum atomic E-state index is -0.496. The normalized spacial score (nSPS) is 9.96. The number of carbonyl (C=O) groups excluding carboxylic acids is 2. The van der Waals surface area contributed by atoms with Crippen LogP contribution in [-0.2, 0) is 6.42 Å². The van der Waals surface area contributed by atoms with Gasteiger partial charge in [-0.1, -0.05) is 30.3 Å². The zero-order valence-electron chi connectivity index (χ0n) is 13.0. The molecule has 0 atom stereocenters. The number of nitrogens with one attached hydrogen (secondary N) is 2. The molecule has 2 aromatic rings. The van der Waals surface area contributed by atoms with Gasteiger partial charge in [0, 0.05) is 12.1 Å². The zero-order chi connectivity index (χ0) is 16.5. The molecule has 0 bridgehead atoms. The molecule has 2 N–H and O–H groups in total. The SMILES string of the molecule is CCOc1ccc(CCNC(=O)NC(=O)c2ccccc2)cc1. The lowest BCUT2D eigenvalue weighted by Gasteiger charge is -2.08. The van der Waals surface area contributed by atoms with Crippen LogP contribution >= 0.6 is 0 Å². The molecule has 0 aromatic heterocycles. The van der Waals surface area contributed by atoms with Crippen LogP contribution in [0.5, 0.6) is 5.75 Å². The molecular formula is C18H20N2O3. The summed E-state index contributed by atoms with van der Waals surface area (Å²) in [6.45, 7) is 3.02. The third kappa shape index (κ3) is 5.47. The summed E-state index contributed by atoms with van der Waals surface area (Å²) < 4.78 is 5.37. The minimum absolute atomic E-state index is 0.413. The van der Waals surface area contributed by atoms with Gasteiger partial charge in [0.05, 0.1) is 6.61 Å². The predicted molar refractivity (Wildman–Crippen MR) is 88.6 cm³/mol. The molecular weight excluding hydrogens is 292 g/mol. The highest BCUT2D eigenvalue weighted by molar-refractivity contribution is 6.04. The Morgan fingerprint density at radius 3 is 2.35 bits per heavy atom. The molecule has 0 spiro atoms. The Balaban J connectivity index is 1.73. The molecule has 0 heterocycles. The third-order valence-corrected chi connectivity index (χ3v) is 3.20. The monoisotopic (exact) mass is 312 g/mol. The standard InChI is InChI=1S/C18H20N2O3/c1-2-23-16-10-8-14(9-11-16)12-13-19-18(22)20-17(21)15-6-4-3-5-7-15/h3-11H,2,12-13H2,1H3,(H2,19,20,21,22). The van der Waals surface area contributed by atoms with Crippen molar-refractivity contribution in [1.29, 1.82) is 0 Å². The van der Waals surface area contributed by atoms with Crippen molar-refractivity contribution in [3.05, 3.63) is 65.7 Å². The largest absolute Gasteiger partial charge is 0.494 e. The van der Waals surface area contributed by atoms with E-state index < -0.39 is 11.9 Å². The lowest BCUT2D eigenvalue weighted by molar-refractivity contribution is 0.0964. The fraction of sp³-hybridized carbons (Fsp3) is 0.222. The highest BCUT2D eigenvalue weighted by atomic mass is 16.5. The Morgan fingerprint density at radius 2 is 1.70 bits per heavy atom. The number of ether oxygens (including phenoxy) is 1. The Labute approximate surface area is 135 Å². The maximum Gasteiger partial charge on any atom is 0.321 e. The second-order valence-electron chi connectivity index (χ2n) is 4.90. The maximum atomic E-state index is 11.8. The average Bonchev–Trinajstić information content (AvgIpc) is 2.57. The van der Waals surface area contributed by atoms with Crippen molar-refractivity contribution >= 4 is 11.9 Å². The average molecular weight is 312 g/mol. The quantitative estimate of drug-likeness (QED) is 0.862. The molecule has 0 aliphatic heterocycles. The van der Waals surface area contributed by atoms with Crippen molar-refractivity contribution in [1.82, 2.24) is 10.6 Å². The summed E-state index contributed by atoms with van der Waals surface area (Å²) in [4.78, 5) is 23.5. The number of imide groups is 1. The molecule has 5 heteroatoms. The van der Waals surface area contributed by atoms with Gasteiger partial charge in [-0.25, -0.2) is 4.79 Å². The van der Waals surface area contributed by atoms with Crippen LogP contribution in [0.25, 0.3) is 0 Å². The maximum absolute atomic E-state index is 11.8. The molecule has 0 fully saturated rings. The van der Waals surface area contributed by atoms with E-state index in [4.69, 9.17) is 4.74 Å². The number of urea groups is 1. The Morgan fingerprint density at radius 1 is 1.00 bits per heavy atom. The van der Waals surface area contributed by atoms with Gasteiger partial charge < -0.3 is 10.1 Å². The topological polar surface area (TPSA) is 67.4 Å². The first-order valence-electron chi connectivity index (χ1n) is 7.55. The van der Waals surface area contributed by atoms with Crippen molar-refractivity contribution in [3.8, 4) is 5.75 Å². The lowest BCUT2D eigenvalue weighted by Crippen LogP contribution is -2.40. The molecule has 0 aliphatic rings. The van der Waals surface area contributed by atoms with Gasteiger partial charge in [-0.2, -0.15) is 0 Å². The van der Waals surface area contributed by atoms with Crippen LogP contribution in [0.2, 0.25) is 0 Å². The Hall–Kier alpha value is -2.82. The van der Waals surface area contributed by atoms with Gasteiger partial charge in [0.25, 0.3) is 5.91 Å². The molecule has 0 saturated carbocycles. The van der Waals surface area contributed by atoms with Crippen LogP contribution in [0.1, 0.15) is 22.8 Å². The van der Waals surface area contributed by atoms with E-state index in [1.807, 2.05) is 37.3 Å². The molecule has 2 aromatic carbocycles. The lowest BCUT2D eigenvalue weighted by atomic mass is 10.1. The summed E-state index contributed by atoms with van der Waals surface area (Å²) in [5.74, 6) is 0.416. The number of hydrogen-bond donors (Lipinski definition) is 2. The van der Waals surface area contributed by atoms with Gasteiger partial charge in [-0.05, 0) is 43.2 Å². The molecule has 0 saturated heterocycles. The summed E-state index contributed by atoms with van der Waals surface area (Å²) in [6.07, 6.45) is 0.680. The van der Waals surface area contributed by atoms with Crippen LogP contribution < -0.4 is 15.4 Å². The van der Waals surface area contributed by atoms with Crippen molar-refractivity contribution in [3.63, 3.8) is 0 Å². The van der Waals surface area contributed by atoms with E-state index in [2.05, 4.69) is 10.6 Å². The first-order valence-corrected chi connectivity index (χ1v) is 7.55. The fourth-order valence-electron chi connectivity index (χ4n) is 2.05. The van der Waals surface area contributed by atoms with Gasteiger partial charge in [-0.15, -0.1) is 0 Å². The highest BCUT2D eigenvalue weighted by Crippen LogP contribution is 2.12. The van der Waals surface area contributed by atoms with E-state index in [0.717, 1.165) is 11.3 Å². The number of amides is 3. The van der Waals surface area contributed by atoms with Gasteiger partial charge in [0.2, 0.25) is 0 Å². The van der Waals surface area contributed by atoms with E-state index in [0.29, 0.717) is 25.1 Å². The Kier molecular flexibility index (Phi) is 6.17. The predicted octanol–water partition coefficient (Wildman–Crippen LogP) is 2.77. The van der Waals surface area contributed by atoms with E-state index in [1.54, 1.807) is 24.3 Å². The van der Waals surface area contributed by atoms with E-state index in [-0.39, 0.29) is 0 Å². The number of hydrogen-bond acceptors (Lipinski definition) is 3. The first-order chi connectivity index (χ1) is 11.2. The highest BCUT2D eigenvalue weighted by Gasteiger charge is 2.08. The second kappa shape index (κ2) is 8.58. The van der Waals surface area contributed by atoms with Crippen molar-refractivity contribution in [2.24, 2.45) is 0 Å². The van der Waals surface area contributed by atoms with Crippen molar-refractivity contribution < 1.29 is 14.3 Å². The molecule has 120 valence electrons. The van der Waals surface area contributed by atoms with E-state index in [9.17, 15) is 9.59 Å². The number of rotatable bonds is 6. The van der Waals surface area contributed by atoms with Gasteiger partial charge in [-0.3, -0.25) is 10.1 Å². The minimum Gasteiger partial charge on any atom is -0.494 e. The van der Waals surface area contributed by atoms with Crippen LogP contribution in [0.3, 0.4) is 0 Å². The molecule has 23 heavy (non-hydrogen) atoms. The van der Waals surface area contributed by atoms with Crippen LogP contribution in [0.4, 0.5) is 4.79 Å². The molecule has 0 aliphatic carbocycles. The molecule has 0 unspecified atom stereocenters. The molecule has 5 nitrogen and oxygen atoms in total. The fourth-order valence-corrected chi connectivity index (χ4v) is 2.05. The molecule has 3 amide bonds. The van der Waals surface area contributed by atoms with Gasteiger partial charge >= 0.3 is 6.03 Å². The number of benzene rings is 2. The smallest absolute Gasteiger partial charge is 0.321 e. The molecule has 0 radical (unpaired) electrons. The Bertz CT molecular complexity index is 639. The van der Waals surface area contributed by atoms with E-state index in [1.165, 1.54) is 0 Å². The summed E-state index contributed by atoms with van der Waals surface area (Å²) in [6, 6.07) is 15.8. The number of carbonyl (C=O) groups is 2. The summed E-state index contributed by atoms with van der Waals surface area (Å²) in [5.41, 5.74) is 1.54. The van der Waals surface area contributed by atoms with Gasteiger partial charge in [0.1, 0.15) is 5.75 Å². The molecule has 2 rings (SSSR count). The van der Waals surface area contributed by atoms with Crippen molar-refractivity contribution in [2.75, 3.05) is 13.2 Å². The van der Waals surface area contributed by atoms with Crippen LogP contribution in [0.15, 0.2) is 54.6 Å². The second-order valence-corrected chi connectivity index (χ2v) is 4.90. The van der Waals surface area contributed by atoms with E-state index >= 15 is 0 Å². The van der Waals surface area contributed by atoms with Crippen molar-refractivity contribution in [2.45, 2.75) is 13.3 Å². The first kappa shape index (κ1) is 16.5. The van der Waals surface area contributed by atoms with Gasteiger partial charge in [0.15, 0.2) is 0 Å². The van der Waals surface area contributed by atoms with Crippen LogP contribution in [0, 0.1) is 0 Å². The zero-order valence-corrected chi connectivity index (χ0v) is 13.0.